The smallest absolute Gasteiger partial charge is 0.253 e. The predicted molar refractivity (Wildman–Crippen MR) is 95.3 cm³/mol. The van der Waals surface area contributed by atoms with Crippen LogP contribution in [0.15, 0.2) is 18.2 Å². The Balaban J connectivity index is 0.00000264. The first-order valence-corrected chi connectivity index (χ1v) is 7.88. The molecule has 0 aliphatic carbocycles. The van der Waals surface area contributed by atoms with E-state index in [4.69, 9.17) is 0 Å². The molecule has 23 heavy (non-hydrogen) atoms. The highest BCUT2D eigenvalue weighted by Gasteiger charge is 2.20. The van der Waals surface area contributed by atoms with Crippen LogP contribution in [0, 0.1) is 12.8 Å². The molecule has 6 heteroatoms. The third-order valence-corrected chi connectivity index (χ3v) is 4.08. The lowest BCUT2D eigenvalue weighted by molar-refractivity contribution is -0.119. The van der Waals surface area contributed by atoms with Crippen molar-refractivity contribution in [1.29, 1.82) is 0 Å². The van der Waals surface area contributed by atoms with Gasteiger partial charge in [0, 0.05) is 36.8 Å². The van der Waals surface area contributed by atoms with Gasteiger partial charge in [-0.15, -0.1) is 12.4 Å². The molecule has 1 fully saturated rings. The van der Waals surface area contributed by atoms with E-state index in [9.17, 15) is 9.59 Å². The van der Waals surface area contributed by atoms with Crippen molar-refractivity contribution in [2.75, 3.05) is 32.0 Å². The molecule has 0 spiro atoms. The van der Waals surface area contributed by atoms with Crippen molar-refractivity contribution in [3.05, 3.63) is 29.3 Å². The molecule has 2 N–H and O–H groups in total. The van der Waals surface area contributed by atoms with Crippen molar-refractivity contribution in [3.8, 4) is 0 Å². The lowest BCUT2D eigenvalue weighted by Crippen LogP contribution is -2.29. The summed E-state index contributed by atoms with van der Waals surface area (Å²) >= 11 is 0. The fourth-order valence-electron chi connectivity index (χ4n) is 2.69. The maximum Gasteiger partial charge on any atom is 0.253 e. The summed E-state index contributed by atoms with van der Waals surface area (Å²) < 4.78 is 0. The summed E-state index contributed by atoms with van der Waals surface area (Å²) in [5.74, 6) is -0.0339. The highest BCUT2D eigenvalue weighted by molar-refractivity contribution is 5.97. The molecule has 0 saturated carbocycles. The Hall–Kier alpha value is -1.59. The molecule has 5 nitrogen and oxygen atoms in total. The largest absolute Gasteiger partial charge is 0.339 e. The zero-order valence-corrected chi connectivity index (χ0v) is 14.8. The fraction of sp³-hybridized carbons (Fsp3) is 0.529. The number of amides is 2. The summed E-state index contributed by atoms with van der Waals surface area (Å²) in [4.78, 5) is 26.3. The van der Waals surface area contributed by atoms with Crippen LogP contribution in [-0.4, -0.2) is 43.4 Å². The summed E-state index contributed by atoms with van der Waals surface area (Å²) in [6.07, 6.45) is 2.17. The quantitative estimate of drug-likeness (QED) is 0.866. The second kappa shape index (κ2) is 8.89. The van der Waals surface area contributed by atoms with Gasteiger partial charge in [-0.2, -0.15) is 0 Å². The van der Waals surface area contributed by atoms with Crippen LogP contribution in [0.5, 0.6) is 0 Å². The van der Waals surface area contributed by atoms with Gasteiger partial charge in [0.25, 0.3) is 5.91 Å². The topological polar surface area (TPSA) is 61.4 Å². The third-order valence-electron chi connectivity index (χ3n) is 4.08. The number of benzene rings is 1. The van der Waals surface area contributed by atoms with Crippen LogP contribution < -0.4 is 10.6 Å². The van der Waals surface area contributed by atoms with E-state index in [1.807, 2.05) is 37.9 Å². The predicted octanol–water partition coefficient (Wildman–Crippen LogP) is 2.45. The van der Waals surface area contributed by atoms with Gasteiger partial charge in [-0.25, -0.2) is 0 Å². The molecule has 128 valence electrons. The molecule has 0 aromatic heterocycles. The number of anilines is 1. The Labute approximate surface area is 144 Å². The second-order valence-electron chi connectivity index (χ2n) is 5.98. The van der Waals surface area contributed by atoms with Gasteiger partial charge in [-0.3, -0.25) is 9.59 Å². The van der Waals surface area contributed by atoms with Crippen molar-refractivity contribution in [2.45, 2.75) is 26.7 Å². The van der Waals surface area contributed by atoms with Gasteiger partial charge in [0.1, 0.15) is 0 Å². The maximum atomic E-state index is 12.4. The van der Waals surface area contributed by atoms with E-state index in [0.717, 1.165) is 37.2 Å². The summed E-state index contributed by atoms with van der Waals surface area (Å²) in [5.41, 5.74) is 2.38. The minimum absolute atomic E-state index is 0. The number of nitrogens with one attached hydrogen (secondary N) is 2. The average Bonchev–Trinajstić information content (AvgIpc) is 3.03. The van der Waals surface area contributed by atoms with Gasteiger partial charge < -0.3 is 15.5 Å². The summed E-state index contributed by atoms with van der Waals surface area (Å²) in [5, 5.41) is 5.92. The highest BCUT2D eigenvalue weighted by Crippen LogP contribution is 2.20. The van der Waals surface area contributed by atoms with E-state index >= 15 is 0 Å². The van der Waals surface area contributed by atoms with E-state index in [1.54, 1.807) is 6.07 Å². The molecule has 1 aromatic rings. The monoisotopic (exact) mass is 339 g/mol. The van der Waals surface area contributed by atoms with Gasteiger partial charge >= 0.3 is 0 Å². The molecule has 0 radical (unpaired) electrons. The van der Waals surface area contributed by atoms with E-state index in [-0.39, 0.29) is 30.1 Å². The molecule has 0 bridgehead atoms. The Morgan fingerprint density at radius 2 is 1.91 bits per heavy atom. The Kier molecular flexibility index (Phi) is 7.52. The lowest BCUT2D eigenvalue weighted by atomic mass is 10.1. The third kappa shape index (κ3) is 4.94. The number of hydrogen-bond donors (Lipinski definition) is 2. The second-order valence-corrected chi connectivity index (χ2v) is 5.98. The summed E-state index contributed by atoms with van der Waals surface area (Å²) in [6, 6.07) is 5.48. The van der Waals surface area contributed by atoms with Gasteiger partial charge in [0.15, 0.2) is 0 Å². The molecular weight excluding hydrogens is 314 g/mol. The number of hydrogen-bond acceptors (Lipinski definition) is 3. The molecule has 1 heterocycles. The number of carbonyl (C=O) groups excluding carboxylic acids is 2. The molecular formula is C17H26ClN3O2. The number of halogens is 1. The number of aryl methyl sites for hydroxylation is 1. The summed E-state index contributed by atoms with van der Waals surface area (Å²) in [6.45, 7) is 6.12. The number of likely N-dealkylation sites (tertiary alicyclic amines) is 1. The zero-order chi connectivity index (χ0) is 16.1. The molecule has 1 aliphatic heterocycles. The first-order valence-electron chi connectivity index (χ1n) is 7.88. The SMILES string of the molecule is CNCC(C)C(=O)Nc1ccc(C(=O)N2CCCC2)cc1C.Cl. The molecule has 1 aliphatic rings. The van der Waals surface area contributed by atoms with Gasteiger partial charge in [0.05, 0.1) is 0 Å². The molecule has 2 rings (SSSR count). The van der Waals surface area contributed by atoms with Crippen molar-refractivity contribution in [3.63, 3.8) is 0 Å². The van der Waals surface area contributed by atoms with E-state index in [0.29, 0.717) is 12.1 Å². The van der Waals surface area contributed by atoms with Crippen LogP contribution in [0.3, 0.4) is 0 Å². The Morgan fingerprint density at radius 3 is 2.48 bits per heavy atom. The van der Waals surface area contributed by atoms with Crippen LogP contribution in [0.4, 0.5) is 5.69 Å². The first kappa shape index (κ1) is 19.5. The minimum atomic E-state index is -0.102. The van der Waals surface area contributed by atoms with Crippen LogP contribution in [0.25, 0.3) is 0 Å². The van der Waals surface area contributed by atoms with Crippen molar-refractivity contribution >= 4 is 29.9 Å². The first-order chi connectivity index (χ1) is 10.5. The lowest BCUT2D eigenvalue weighted by Gasteiger charge is -2.17. The molecule has 1 atom stereocenters. The van der Waals surface area contributed by atoms with E-state index in [1.165, 1.54) is 0 Å². The van der Waals surface area contributed by atoms with Crippen LogP contribution in [0.1, 0.15) is 35.7 Å². The molecule has 2 amide bonds. The van der Waals surface area contributed by atoms with E-state index < -0.39 is 0 Å². The molecule has 1 saturated heterocycles. The Bertz CT molecular complexity index is 557. The van der Waals surface area contributed by atoms with Crippen molar-refractivity contribution in [2.24, 2.45) is 5.92 Å². The van der Waals surface area contributed by atoms with Crippen molar-refractivity contribution in [1.82, 2.24) is 10.2 Å². The van der Waals surface area contributed by atoms with E-state index in [2.05, 4.69) is 10.6 Å². The van der Waals surface area contributed by atoms with Crippen LogP contribution >= 0.6 is 12.4 Å². The number of nitrogens with zero attached hydrogens (tertiary/aromatic N) is 1. The Morgan fingerprint density at radius 1 is 1.26 bits per heavy atom. The van der Waals surface area contributed by atoms with Crippen LogP contribution in [-0.2, 0) is 4.79 Å². The number of carbonyl (C=O) groups is 2. The maximum absolute atomic E-state index is 12.4. The van der Waals surface area contributed by atoms with Gasteiger partial charge in [0.2, 0.25) is 5.91 Å². The number of rotatable bonds is 5. The summed E-state index contributed by atoms with van der Waals surface area (Å²) in [7, 11) is 1.83. The molecule has 1 unspecified atom stereocenters. The fourth-order valence-corrected chi connectivity index (χ4v) is 2.69. The normalized spacial score (nSPS) is 15.0. The van der Waals surface area contributed by atoms with Gasteiger partial charge in [-0.05, 0) is 50.6 Å². The zero-order valence-electron chi connectivity index (χ0n) is 14.0. The van der Waals surface area contributed by atoms with Gasteiger partial charge in [-0.1, -0.05) is 6.92 Å². The van der Waals surface area contributed by atoms with Crippen LogP contribution in [0.2, 0.25) is 0 Å². The van der Waals surface area contributed by atoms with Crippen molar-refractivity contribution < 1.29 is 9.59 Å². The minimum Gasteiger partial charge on any atom is -0.339 e. The average molecular weight is 340 g/mol. The highest BCUT2D eigenvalue weighted by atomic mass is 35.5. The molecule has 1 aromatic carbocycles. The standard InChI is InChI=1S/C17H25N3O2.ClH/c1-12-10-14(17(22)20-8-4-5-9-20)6-7-15(12)19-16(21)13(2)11-18-3;/h6-7,10,13,18H,4-5,8-9,11H2,1-3H3,(H,19,21);1H.